The first-order valence-corrected chi connectivity index (χ1v) is 7.34. The number of thiophene rings is 1. The number of nitrogens with one attached hydrogen (secondary N) is 1. The monoisotopic (exact) mass is 296 g/mol. The summed E-state index contributed by atoms with van der Waals surface area (Å²) in [4.78, 5) is 35.6. The molecular weight excluding hydrogens is 276 g/mol. The van der Waals surface area contributed by atoms with Crippen LogP contribution in [0.1, 0.15) is 54.1 Å². The van der Waals surface area contributed by atoms with Gasteiger partial charge in [0, 0.05) is 10.9 Å². The van der Waals surface area contributed by atoms with Crippen LogP contribution in [0.3, 0.4) is 0 Å². The van der Waals surface area contributed by atoms with Gasteiger partial charge in [0.05, 0.1) is 4.88 Å². The Labute approximate surface area is 122 Å². The number of Topliss-reactive ketones (excluding diaryl/α,β-unsaturated/α-hetero) is 1. The third kappa shape index (κ3) is 3.07. The molecule has 110 valence electrons. The Bertz CT molecular complexity index is 536. The van der Waals surface area contributed by atoms with Crippen LogP contribution < -0.4 is 11.1 Å². The van der Waals surface area contributed by atoms with Crippen molar-refractivity contribution in [3.05, 3.63) is 21.9 Å². The van der Waals surface area contributed by atoms with Crippen LogP contribution >= 0.6 is 11.3 Å². The molecule has 0 aromatic carbocycles. The minimum absolute atomic E-state index is 0.0965. The molecule has 3 N–H and O–H groups in total. The average Bonchev–Trinajstić information content (AvgIpc) is 2.84. The summed E-state index contributed by atoms with van der Waals surface area (Å²) < 4.78 is 0. The predicted molar refractivity (Wildman–Crippen MR) is 78.8 cm³/mol. The van der Waals surface area contributed by atoms with Crippen molar-refractivity contribution in [1.82, 2.24) is 5.32 Å². The summed E-state index contributed by atoms with van der Waals surface area (Å²) in [6.07, 6.45) is 0.413. The molecule has 0 spiro atoms. The van der Waals surface area contributed by atoms with Crippen molar-refractivity contribution in [1.29, 1.82) is 0 Å². The maximum Gasteiger partial charge on any atom is 0.262 e. The standard InChI is InChI=1S/C14H20N2O3S/c1-5-14(8(2)3,13(15)19)16-12(18)11-6-10(7-20-11)9(4)17/h6-8H,5H2,1-4H3,(H2,15,19)(H,16,18). The lowest BCUT2D eigenvalue weighted by Crippen LogP contribution is -2.60. The van der Waals surface area contributed by atoms with Crippen LogP contribution in [0, 0.1) is 5.92 Å². The molecule has 0 aliphatic carbocycles. The molecule has 0 aliphatic heterocycles. The summed E-state index contributed by atoms with van der Waals surface area (Å²) in [6, 6.07) is 1.53. The lowest BCUT2D eigenvalue weighted by atomic mass is 9.83. The number of hydrogen-bond donors (Lipinski definition) is 2. The molecule has 6 heteroatoms. The van der Waals surface area contributed by atoms with Crippen LogP contribution in [-0.4, -0.2) is 23.1 Å². The van der Waals surface area contributed by atoms with Gasteiger partial charge in [-0.25, -0.2) is 0 Å². The molecule has 0 bridgehead atoms. The quantitative estimate of drug-likeness (QED) is 0.786. The molecule has 1 aromatic rings. The van der Waals surface area contributed by atoms with Crippen LogP contribution in [0.25, 0.3) is 0 Å². The topological polar surface area (TPSA) is 89.3 Å². The molecule has 1 aromatic heterocycles. The highest BCUT2D eigenvalue weighted by Gasteiger charge is 2.40. The molecule has 20 heavy (non-hydrogen) atoms. The van der Waals surface area contributed by atoms with E-state index in [1.54, 1.807) is 12.3 Å². The van der Waals surface area contributed by atoms with Crippen molar-refractivity contribution >= 4 is 28.9 Å². The highest BCUT2D eigenvalue weighted by Crippen LogP contribution is 2.23. The van der Waals surface area contributed by atoms with E-state index in [1.165, 1.54) is 24.3 Å². The highest BCUT2D eigenvalue weighted by molar-refractivity contribution is 7.12. The van der Waals surface area contributed by atoms with Gasteiger partial charge in [-0.3, -0.25) is 14.4 Å². The van der Waals surface area contributed by atoms with E-state index in [1.807, 2.05) is 13.8 Å². The highest BCUT2D eigenvalue weighted by atomic mass is 32.1. The fourth-order valence-corrected chi connectivity index (χ4v) is 2.91. The molecule has 0 saturated carbocycles. The number of ketones is 1. The van der Waals surface area contributed by atoms with E-state index < -0.39 is 11.4 Å². The molecule has 2 amide bonds. The summed E-state index contributed by atoms with van der Waals surface area (Å²) in [7, 11) is 0. The van der Waals surface area contributed by atoms with Gasteiger partial charge >= 0.3 is 0 Å². The van der Waals surface area contributed by atoms with Gasteiger partial charge < -0.3 is 11.1 Å². The number of hydrogen-bond acceptors (Lipinski definition) is 4. The molecular formula is C14H20N2O3S. The second kappa shape index (κ2) is 6.17. The minimum Gasteiger partial charge on any atom is -0.368 e. The van der Waals surface area contributed by atoms with Crippen molar-refractivity contribution in [3.63, 3.8) is 0 Å². The minimum atomic E-state index is -1.07. The van der Waals surface area contributed by atoms with Crippen molar-refractivity contribution < 1.29 is 14.4 Å². The Morgan fingerprint density at radius 2 is 2.00 bits per heavy atom. The van der Waals surface area contributed by atoms with Gasteiger partial charge in [-0.15, -0.1) is 11.3 Å². The smallest absolute Gasteiger partial charge is 0.262 e. The summed E-state index contributed by atoms with van der Waals surface area (Å²) in [5.41, 5.74) is 4.88. The summed E-state index contributed by atoms with van der Waals surface area (Å²) >= 11 is 1.18. The van der Waals surface area contributed by atoms with Crippen LogP contribution in [-0.2, 0) is 4.79 Å². The van der Waals surface area contributed by atoms with Gasteiger partial charge in [0.25, 0.3) is 5.91 Å². The number of carbonyl (C=O) groups excluding carboxylic acids is 3. The number of amides is 2. The molecule has 1 atom stereocenters. The third-order valence-electron chi connectivity index (χ3n) is 3.55. The average molecular weight is 296 g/mol. The summed E-state index contributed by atoms with van der Waals surface area (Å²) in [5.74, 6) is -1.15. The first-order chi connectivity index (χ1) is 9.24. The van der Waals surface area contributed by atoms with Crippen molar-refractivity contribution in [2.24, 2.45) is 11.7 Å². The largest absolute Gasteiger partial charge is 0.368 e. The molecule has 1 unspecified atom stereocenters. The first-order valence-electron chi connectivity index (χ1n) is 6.46. The number of nitrogens with two attached hydrogens (primary N) is 1. The zero-order valence-electron chi connectivity index (χ0n) is 12.1. The van der Waals surface area contributed by atoms with Crippen LogP contribution in [0.5, 0.6) is 0 Å². The maximum atomic E-state index is 12.2. The Balaban J connectivity index is 3.02. The Hall–Kier alpha value is -1.69. The first kappa shape index (κ1) is 16.4. The molecule has 0 aliphatic rings. The van der Waals surface area contributed by atoms with Gasteiger partial charge in [-0.1, -0.05) is 20.8 Å². The van der Waals surface area contributed by atoms with E-state index in [-0.39, 0.29) is 17.6 Å². The van der Waals surface area contributed by atoms with Gasteiger partial charge in [0.2, 0.25) is 5.91 Å². The van der Waals surface area contributed by atoms with Crippen LogP contribution in [0.15, 0.2) is 11.4 Å². The number of carbonyl (C=O) groups is 3. The van der Waals surface area contributed by atoms with Crippen molar-refractivity contribution in [2.45, 2.75) is 39.7 Å². The summed E-state index contributed by atoms with van der Waals surface area (Å²) in [6.45, 7) is 6.92. The molecule has 1 heterocycles. The molecule has 0 fully saturated rings. The maximum absolute atomic E-state index is 12.2. The van der Waals surface area contributed by atoms with Gasteiger partial charge in [0.1, 0.15) is 5.54 Å². The second-order valence-corrected chi connectivity index (χ2v) is 5.97. The SMILES string of the molecule is CCC(NC(=O)c1cc(C(C)=O)cs1)(C(N)=O)C(C)C. The number of primary amides is 1. The van der Waals surface area contributed by atoms with Crippen LogP contribution in [0.4, 0.5) is 0 Å². The number of rotatable bonds is 6. The van der Waals surface area contributed by atoms with Crippen molar-refractivity contribution in [2.75, 3.05) is 0 Å². The van der Waals surface area contributed by atoms with E-state index in [4.69, 9.17) is 5.73 Å². The lowest BCUT2D eigenvalue weighted by molar-refractivity contribution is -0.126. The zero-order valence-corrected chi connectivity index (χ0v) is 13.0. The molecule has 1 rings (SSSR count). The third-order valence-corrected chi connectivity index (χ3v) is 4.48. The molecule has 0 saturated heterocycles. The van der Waals surface area contributed by atoms with E-state index in [2.05, 4.69) is 5.32 Å². The van der Waals surface area contributed by atoms with Crippen molar-refractivity contribution in [3.8, 4) is 0 Å². The normalized spacial score (nSPS) is 13.8. The summed E-state index contributed by atoms with van der Waals surface area (Å²) in [5, 5.41) is 4.36. The van der Waals surface area contributed by atoms with Gasteiger partial charge in [0.15, 0.2) is 5.78 Å². The van der Waals surface area contributed by atoms with Gasteiger partial charge in [-0.2, -0.15) is 0 Å². The Morgan fingerprint density at radius 3 is 2.35 bits per heavy atom. The van der Waals surface area contributed by atoms with E-state index >= 15 is 0 Å². The predicted octanol–water partition coefficient (Wildman–Crippen LogP) is 1.97. The van der Waals surface area contributed by atoms with Gasteiger partial charge in [-0.05, 0) is 25.3 Å². The van der Waals surface area contributed by atoms with Crippen LogP contribution in [0.2, 0.25) is 0 Å². The zero-order chi connectivity index (χ0) is 15.5. The van der Waals surface area contributed by atoms with E-state index in [9.17, 15) is 14.4 Å². The Kier molecular flexibility index (Phi) is 5.05. The lowest BCUT2D eigenvalue weighted by Gasteiger charge is -2.34. The Morgan fingerprint density at radius 1 is 1.40 bits per heavy atom. The molecule has 0 radical (unpaired) electrons. The molecule has 5 nitrogen and oxygen atoms in total. The van der Waals surface area contributed by atoms with E-state index in [0.717, 1.165) is 0 Å². The second-order valence-electron chi connectivity index (χ2n) is 5.05. The fourth-order valence-electron chi connectivity index (χ4n) is 2.07. The van der Waals surface area contributed by atoms with E-state index in [0.29, 0.717) is 16.9 Å². The fraction of sp³-hybridized carbons (Fsp3) is 0.500.